The number of nitrogens with two attached hydrogens (primary N) is 1. The highest BCUT2D eigenvalue weighted by Gasteiger charge is 2.49. The minimum Gasteiger partial charge on any atom is -0.489 e. The third-order valence-corrected chi connectivity index (χ3v) is 4.02. The van der Waals surface area contributed by atoms with Crippen LogP contribution < -0.4 is 10.5 Å². The molecule has 0 saturated heterocycles. The number of nitrogen functional groups attached to an aromatic ring is 1. The molecule has 0 spiro atoms. The summed E-state index contributed by atoms with van der Waals surface area (Å²) in [5, 5.41) is 0. The van der Waals surface area contributed by atoms with E-state index in [4.69, 9.17) is 10.5 Å². The molecule has 23 heavy (non-hydrogen) atoms. The molecule has 0 atom stereocenters. The van der Waals surface area contributed by atoms with Crippen molar-refractivity contribution in [3.05, 3.63) is 23.3 Å². The van der Waals surface area contributed by atoms with Crippen molar-refractivity contribution in [2.45, 2.75) is 51.9 Å². The molecule has 1 aliphatic rings. The second-order valence-electron chi connectivity index (χ2n) is 6.48. The van der Waals surface area contributed by atoms with E-state index in [0.717, 1.165) is 10.5 Å². The van der Waals surface area contributed by atoms with Gasteiger partial charge in [0, 0.05) is 6.54 Å². The van der Waals surface area contributed by atoms with Crippen LogP contribution in [0.15, 0.2) is 12.1 Å². The minimum absolute atomic E-state index is 0.00215. The number of carbonyl (C=O) groups excluding carboxylic acids is 1. The summed E-state index contributed by atoms with van der Waals surface area (Å²) in [6, 6.07) is 3.38. The molecule has 128 valence electrons. The Morgan fingerprint density at radius 3 is 2.48 bits per heavy atom. The Bertz CT molecular complexity index is 624. The molecule has 0 bridgehead atoms. The normalized spacial score (nSPS) is 17.1. The third kappa shape index (κ3) is 3.23. The van der Waals surface area contributed by atoms with E-state index >= 15 is 0 Å². The van der Waals surface area contributed by atoms with Crippen molar-refractivity contribution in [1.29, 1.82) is 0 Å². The molecule has 4 nitrogen and oxygen atoms in total. The Hall–Kier alpha value is -1.92. The van der Waals surface area contributed by atoms with Gasteiger partial charge in [-0.1, -0.05) is 0 Å². The maximum Gasteiger partial charge on any atom is 0.471 e. The minimum atomic E-state index is -4.89. The van der Waals surface area contributed by atoms with Gasteiger partial charge in [-0.3, -0.25) is 4.79 Å². The van der Waals surface area contributed by atoms with Crippen LogP contribution in [0.2, 0.25) is 0 Å². The number of hydrogen-bond acceptors (Lipinski definition) is 3. The highest BCUT2D eigenvalue weighted by Crippen LogP contribution is 2.41. The summed E-state index contributed by atoms with van der Waals surface area (Å²) in [4.78, 5) is 12.6. The lowest BCUT2D eigenvalue weighted by molar-refractivity contribution is -0.191. The molecule has 0 aliphatic carbocycles. The van der Waals surface area contributed by atoms with E-state index in [-0.39, 0.29) is 12.6 Å². The maximum atomic E-state index is 12.8. The van der Waals surface area contributed by atoms with Crippen LogP contribution in [-0.2, 0) is 16.8 Å². The Morgan fingerprint density at radius 2 is 1.96 bits per heavy atom. The van der Waals surface area contributed by atoms with Crippen molar-refractivity contribution in [1.82, 2.24) is 4.90 Å². The van der Waals surface area contributed by atoms with Gasteiger partial charge in [-0.2, -0.15) is 13.2 Å². The number of fused-ring (bicyclic) bond motifs is 1. The summed E-state index contributed by atoms with van der Waals surface area (Å²) < 4.78 is 44.1. The van der Waals surface area contributed by atoms with Gasteiger partial charge in [0.15, 0.2) is 0 Å². The molecule has 1 amide bonds. The lowest BCUT2D eigenvalue weighted by Gasteiger charge is -2.44. The van der Waals surface area contributed by atoms with Gasteiger partial charge in [-0.25, -0.2) is 0 Å². The smallest absolute Gasteiger partial charge is 0.471 e. The summed E-state index contributed by atoms with van der Waals surface area (Å²) >= 11 is 0. The molecule has 1 aliphatic heterocycles. The van der Waals surface area contributed by atoms with Crippen molar-refractivity contribution in [2.75, 3.05) is 12.3 Å². The summed E-state index contributed by atoms with van der Waals surface area (Å²) in [6.45, 7) is 6.88. The predicted molar refractivity (Wildman–Crippen MR) is 81.1 cm³/mol. The molecule has 0 unspecified atom stereocenters. The monoisotopic (exact) mass is 330 g/mol. The molecule has 0 aromatic heterocycles. The number of halogens is 3. The van der Waals surface area contributed by atoms with Crippen LogP contribution in [0.3, 0.4) is 0 Å². The van der Waals surface area contributed by atoms with Crippen LogP contribution >= 0.6 is 0 Å². The van der Waals surface area contributed by atoms with Gasteiger partial charge in [0.25, 0.3) is 0 Å². The molecule has 0 radical (unpaired) electrons. The Balaban J connectivity index is 2.48. The van der Waals surface area contributed by atoms with E-state index in [0.29, 0.717) is 23.4 Å². The fourth-order valence-electron chi connectivity index (χ4n) is 2.94. The van der Waals surface area contributed by atoms with E-state index in [2.05, 4.69) is 0 Å². The van der Waals surface area contributed by atoms with Crippen LogP contribution in [-0.4, -0.2) is 29.6 Å². The fourth-order valence-corrected chi connectivity index (χ4v) is 2.94. The standard InChI is InChI=1S/C16H21F3N2O2/c1-9(2)23-13-8-11-10(7-12(13)20)5-6-21(15(11,3)4)14(22)16(17,18)19/h7-9H,5-6,20H2,1-4H3. The fraction of sp³-hybridized carbons (Fsp3) is 0.562. The average Bonchev–Trinajstić information content (AvgIpc) is 2.38. The van der Waals surface area contributed by atoms with Crippen LogP contribution in [0.4, 0.5) is 18.9 Å². The lowest BCUT2D eigenvalue weighted by Crippen LogP contribution is -2.54. The number of amides is 1. The van der Waals surface area contributed by atoms with Crippen LogP contribution in [0.1, 0.15) is 38.8 Å². The number of alkyl halides is 3. The maximum absolute atomic E-state index is 12.8. The SMILES string of the molecule is CC(C)Oc1cc2c(cc1N)CCN(C(=O)C(F)(F)F)C2(C)C. The van der Waals surface area contributed by atoms with Gasteiger partial charge in [0.1, 0.15) is 5.75 Å². The predicted octanol–water partition coefficient (Wildman–Crippen LogP) is 3.24. The summed E-state index contributed by atoms with van der Waals surface area (Å²) in [7, 11) is 0. The van der Waals surface area contributed by atoms with Crippen molar-refractivity contribution in [3.8, 4) is 5.75 Å². The van der Waals surface area contributed by atoms with E-state index < -0.39 is 17.6 Å². The zero-order valence-electron chi connectivity index (χ0n) is 13.6. The number of ether oxygens (including phenoxy) is 1. The summed E-state index contributed by atoms with van der Waals surface area (Å²) in [6.07, 6.45) is -4.68. The van der Waals surface area contributed by atoms with Crippen molar-refractivity contribution >= 4 is 11.6 Å². The molecule has 7 heteroatoms. The number of rotatable bonds is 2. The first-order valence-electron chi connectivity index (χ1n) is 7.43. The average molecular weight is 330 g/mol. The van der Waals surface area contributed by atoms with Crippen molar-refractivity contribution in [2.24, 2.45) is 0 Å². The molecule has 0 fully saturated rings. The zero-order valence-corrected chi connectivity index (χ0v) is 13.6. The highest BCUT2D eigenvalue weighted by atomic mass is 19.4. The van der Waals surface area contributed by atoms with Crippen molar-refractivity contribution < 1.29 is 22.7 Å². The Morgan fingerprint density at radius 1 is 1.35 bits per heavy atom. The largest absolute Gasteiger partial charge is 0.489 e. The van der Waals surface area contributed by atoms with Crippen LogP contribution in [0, 0.1) is 0 Å². The molecule has 0 saturated carbocycles. The van der Waals surface area contributed by atoms with Gasteiger partial charge in [0.2, 0.25) is 0 Å². The zero-order chi connectivity index (χ0) is 17.6. The molecular weight excluding hydrogens is 309 g/mol. The first-order chi connectivity index (χ1) is 10.4. The first-order valence-corrected chi connectivity index (χ1v) is 7.43. The van der Waals surface area contributed by atoms with Crippen molar-refractivity contribution in [3.63, 3.8) is 0 Å². The molecule has 1 heterocycles. The Kier molecular flexibility index (Phi) is 4.26. The third-order valence-electron chi connectivity index (χ3n) is 4.02. The highest BCUT2D eigenvalue weighted by molar-refractivity contribution is 5.83. The van der Waals surface area contributed by atoms with Gasteiger partial charge in [-0.05, 0) is 57.4 Å². The van der Waals surface area contributed by atoms with Crippen LogP contribution in [0.5, 0.6) is 5.75 Å². The number of hydrogen-bond donors (Lipinski definition) is 1. The van der Waals surface area contributed by atoms with Crippen LogP contribution in [0.25, 0.3) is 0 Å². The Labute approximate surface area is 133 Å². The molecule has 1 aromatic carbocycles. The number of nitrogens with zero attached hydrogens (tertiary/aromatic N) is 1. The topological polar surface area (TPSA) is 55.6 Å². The number of benzene rings is 1. The van der Waals surface area contributed by atoms with E-state index in [1.54, 1.807) is 26.0 Å². The number of anilines is 1. The number of carbonyl (C=O) groups is 1. The van der Waals surface area contributed by atoms with Gasteiger partial charge in [-0.15, -0.1) is 0 Å². The molecule has 2 rings (SSSR count). The molecular formula is C16H21F3N2O2. The molecule has 1 aromatic rings. The van der Waals surface area contributed by atoms with E-state index in [9.17, 15) is 18.0 Å². The molecule has 2 N–H and O–H groups in total. The van der Waals surface area contributed by atoms with Gasteiger partial charge < -0.3 is 15.4 Å². The second-order valence-corrected chi connectivity index (χ2v) is 6.48. The first kappa shape index (κ1) is 17.4. The van der Waals surface area contributed by atoms with Gasteiger partial charge in [0.05, 0.1) is 17.3 Å². The van der Waals surface area contributed by atoms with Gasteiger partial charge >= 0.3 is 12.1 Å². The quantitative estimate of drug-likeness (QED) is 0.847. The lowest BCUT2D eigenvalue weighted by atomic mass is 9.82. The second kappa shape index (κ2) is 5.62. The summed E-state index contributed by atoms with van der Waals surface area (Å²) in [5.41, 5.74) is 6.79. The van der Waals surface area contributed by atoms with E-state index in [1.165, 1.54) is 0 Å². The summed E-state index contributed by atoms with van der Waals surface area (Å²) in [5.74, 6) is -1.40. The van der Waals surface area contributed by atoms with E-state index in [1.807, 2.05) is 13.8 Å².